The van der Waals surface area contributed by atoms with Gasteiger partial charge in [0.15, 0.2) is 0 Å². The second kappa shape index (κ2) is 3.26. The first-order valence-electron chi connectivity index (χ1n) is 2.07. The van der Waals surface area contributed by atoms with Gasteiger partial charge >= 0.3 is 0 Å². The summed E-state index contributed by atoms with van der Waals surface area (Å²) in [6.07, 6.45) is 0. The normalized spacial score (nSPS) is 15.6. The smallest absolute Gasteiger partial charge is 0.242 e. The van der Waals surface area contributed by atoms with Crippen molar-refractivity contribution in [3.63, 3.8) is 0 Å². The van der Waals surface area contributed by atoms with Gasteiger partial charge in [-0.05, 0) is 6.92 Å². The molecule has 4 nitrogen and oxygen atoms in total. The van der Waals surface area contributed by atoms with Crippen molar-refractivity contribution in [2.24, 2.45) is 10.9 Å². The molecule has 0 aliphatic heterocycles. The van der Waals surface area contributed by atoms with Crippen LogP contribution in [0.15, 0.2) is 5.16 Å². The van der Waals surface area contributed by atoms with Crippen molar-refractivity contribution in [3.05, 3.63) is 6.92 Å². The minimum atomic E-state index is -0.593. The van der Waals surface area contributed by atoms with Gasteiger partial charge in [0.1, 0.15) is 0 Å². The molecule has 1 atom stereocenters. The van der Waals surface area contributed by atoms with Crippen LogP contribution < -0.4 is 5.73 Å². The fourth-order valence-corrected chi connectivity index (χ4v) is 0.266. The monoisotopic (exact) mass is 117 g/mol. The summed E-state index contributed by atoms with van der Waals surface area (Å²) in [6, 6.07) is -0.593. The number of rotatable bonds is 1. The van der Waals surface area contributed by atoms with E-state index in [1.54, 1.807) is 0 Å². The van der Waals surface area contributed by atoms with Crippen LogP contribution in [0.25, 0.3) is 0 Å². The Bertz CT molecular complexity index is 90.0. The quantitative estimate of drug-likeness (QED) is 0.212. The molecule has 8 heavy (non-hydrogen) atoms. The first kappa shape index (κ1) is 7.23. The highest BCUT2D eigenvalue weighted by atomic mass is 16.5. The highest BCUT2D eigenvalue weighted by Gasteiger charge is 2.03. The molecule has 4 heteroatoms. The van der Waals surface area contributed by atoms with Gasteiger partial charge in [-0.2, -0.15) is 0 Å². The third kappa shape index (κ3) is 1.79. The summed E-state index contributed by atoms with van der Waals surface area (Å²) in [5, 5.41) is 10.8. The SMILES string of the molecule is [CH2][C@@H](N)/C(=N/O)OC. The molecule has 0 heterocycles. The summed E-state index contributed by atoms with van der Waals surface area (Å²) in [6.45, 7) is 3.34. The Kier molecular flexibility index (Phi) is 2.95. The molecule has 0 aliphatic carbocycles. The predicted molar refractivity (Wildman–Crippen MR) is 29.6 cm³/mol. The number of ether oxygens (including phenoxy) is 1. The summed E-state index contributed by atoms with van der Waals surface area (Å²) in [5.74, 6) is 0.0324. The van der Waals surface area contributed by atoms with Crippen LogP contribution in [0.3, 0.4) is 0 Å². The molecule has 0 rings (SSSR count). The molecule has 0 aliphatic rings. The number of hydrogen-bond acceptors (Lipinski definition) is 4. The lowest BCUT2D eigenvalue weighted by atomic mass is 10.4. The Balaban J connectivity index is 3.72. The average molecular weight is 117 g/mol. The van der Waals surface area contributed by atoms with Crippen LogP contribution in [-0.2, 0) is 4.74 Å². The van der Waals surface area contributed by atoms with Crippen LogP contribution in [0.5, 0.6) is 0 Å². The molecule has 0 aromatic heterocycles. The van der Waals surface area contributed by atoms with Gasteiger partial charge in [-0.25, -0.2) is 0 Å². The molecule has 0 saturated carbocycles. The van der Waals surface area contributed by atoms with Crippen molar-refractivity contribution in [2.75, 3.05) is 7.11 Å². The summed E-state index contributed by atoms with van der Waals surface area (Å²) in [4.78, 5) is 0. The Morgan fingerprint density at radius 2 is 2.50 bits per heavy atom. The van der Waals surface area contributed by atoms with E-state index < -0.39 is 6.04 Å². The van der Waals surface area contributed by atoms with Crippen molar-refractivity contribution in [2.45, 2.75) is 6.04 Å². The molecule has 47 valence electrons. The molecule has 1 radical (unpaired) electrons. The zero-order chi connectivity index (χ0) is 6.57. The van der Waals surface area contributed by atoms with E-state index in [0.29, 0.717) is 0 Å². The molecular formula is C4H9N2O2. The second-order valence-electron chi connectivity index (χ2n) is 1.25. The van der Waals surface area contributed by atoms with E-state index in [2.05, 4.69) is 16.8 Å². The molecule has 0 amide bonds. The third-order valence-corrected chi connectivity index (χ3v) is 0.625. The van der Waals surface area contributed by atoms with E-state index in [4.69, 9.17) is 10.9 Å². The minimum absolute atomic E-state index is 0.0324. The highest BCUT2D eigenvalue weighted by molar-refractivity contribution is 5.81. The van der Waals surface area contributed by atoms with Gasteiger partial charge in [0.2, 0.25) is 5.90 Å². The molecule has 0 aromatic rings. The summed E-state index contributed by atoms with van der Waals surface area (Å²) < 4.78 is 4.47. The van der Waals surface area contributed by atoms with Crippen molar-refractivity contribution in [1.29, 1.82) is 0 Å². The zero-order valence-electron chi connectivity index (χ0n) is 4.66. The minimum Gasteiger partial charge on any atom is -0.481 e. The zero-order valence-corrected chi connectivity index (χ0v) is 4.66. The molecular weight excluding hydrogens is 108 g/mol. The van der Waals surface area contributed by atoms with E-state index in [-0.39, 0.29) is 5.90 Å². The summed E-state index contributed by atoms with van der Waals surface area (Å²) in [7, 11) is 1.36. The first-order valence-corrected chi connectivity index (χ1v) is 2.07. The van der Waals surface area contributed by atoms with Gasteiger partial charge in [-0.3, -0.25) is 0 Å². The Labute approximate surface area is 47.9 Å². The third-order valence-electron chi connectivity index (χ3n) is 0.625. The maximum Gasteiger partial charge on any atom is 0.242 e. The number of methoxy groups -OCH3 is 1. The van der Waals surface area contributed by atoms with Crippen molar-refractivity contribution in [3.8, 4) is 0 Å². The van der Waals surface area contributed by atoms with Gasteiger partial charge in [-0.15, -0.1) is 0 Å². The van der Waals surface area contributed by atoms with Crippen molar-refractivity contribution < 1.29 is 9.94 Å². The van der Waals surface area contributed by atoms with E-state index in [1.807, 2.05) is 0 Å². The van der Waals surface area contributed by atoms with E-state index in [9.17, 15) is 0 Å². The van der Waals surface area contributed by atoms with Gasteiger partial charge in [-0.1, -0.05) is 5.16 Å². The molecule has 0 aromatic carbocycles. The number of hydrogen-bond donors (Lipinski definition) is 2. The number of nitrogens with zero attached hydrogens (tertiary/aromatic N) is 1. The number of nitrogens with two attached hydrogens (primary N) is 1. The Morgan fingerprint density at radius 3 is 2.50 bits per heavy atom. The maximum absolute atomic E-state index is 8.04. The van der Waals surface area contributed by atoms with E-state index in [1.165, 1.54) is 7.11 Å². The molecule has 0 bridgehead atoms. The van der Waals surface area contributed by atoms with Gasteiger partial charge < -0.3 is 15.7 Å². The lowest BCUT2D eigenvalue weighted by Crippen LogP contribution is -2.28. The van der Waals surface area contributed by atoms with E-state index in [0.717, 1.165) is 0 Å². The predicted octanol–water partition coefficient (Wildman–Crippen LogP) is -0.418. The fourth-order valence-electron chi connectivity index (χ4n) is 0.266. The van der Waals surface area contributed by atoms with Gasteiger partial charge in [0.05, 0.1) is 13.2 Å². The van der Waals surface area contributed by atoms with Crippen LogP contribution in [0, 0.1) is 6.92 Å². The average Bonchev–Trinajstić information content (AvgIpc) is 1.69. The number of oxime groups is 1. The Morgan fingerprint density at radius 1 is 2.00 bits per heavy atom. The van der Waals surface area contributed by atoms with Crippen LogP contribution in [0.2, 0.25) is 0 Å². The summed E-state index contributed by atoms with van der Waals surface area (Å²) in [5.41, 5.74) is 5.13. The van der Waals surface area contributed by atoms with Gasteiger partial charge in [0, 0.05) is 0 Å². The first-order chi connectivity index (χ1) is 3.72. The molecule has 3 N–H and O–H groups in total. The molecule has 0 saturated heterocycles. The van der Waals surface area contributed by atoms with E-state index >= 15 is 0 Å². The standard InChI is InChI=1S/C4H9N2O2/c1-3(5)4(6-7)8-2/h3,7H,1,5H2,2H3/b6-4-/t3-/m1/s1. The molecule has 0 unspecified atom stereocenters. The topological polar surface area (TPSA) is 67.8 Å². The maximum atomic E-state index is 8.04. The highest BCUT2D eigenvalue weighted by Crippen LogP contribution is 1.81. The van der Waals surface area contributed by atoms with Crippen LogP contribution in [0.4, 0.5) is 0 Å². The summed E-state index contributed by atoms with van der Waals surface area (Å²) >= 11 is 0. The Hall–Kier alpha value is -0.770. The van der Waals surface area contributed by atoms with Crippen molar-refractivity contribution in [1.82, 2.24) is 0 Å². The van der Waals surface area contributed by atoms with Crippen molar-refractivity contribution >= 4 is 5.90 Å². The lowest BCUT2D eigenvalue weighted by Gasteiger charge is -2.03. The lowest BCUT2D eigenvalue weighted by molar-refractivity contribution is 0.280. The van der Waals surface area contributed by atoms with Gasteiger partial charge in [0.25, 0.3) is 0 Å². The van der Waals surface area contributed by atoms with Crippen LogP contribution in [0.1, 0.15) is 0 Å². The molecule has 0 fully saturated rings. The van der Waals surface area contributed by atoms with Crippen LogP contribution in [-0.4, -0.2) is 24.3 Å². The van der Waals surface area contributed by atoms with Crippen LogP contribution >= 0.6 is 0 Å². The second-order valence-corrected chi connectivity index (χ2v) is 1.25. The largest absolute Gasteiger partial charge is 0.481 e. The molecule has 0 spiro atoms. The fraction of sp³-hybridized carbons (Fsp3) is 0.500.